The first-order chi connectivity index (χ1) is 7.30. The van der Waals surface area contributed by atoms with E-state index in [4.69, 9.17) is 17.3 Å². The van der Waals surface area contributed by atoms with E-state index >= 15 is 0 Å². The number of hydrogen-bond donors (Lipinski definition) is 2. The van der Waals surface area contributed by atoms with Gasteiger partial charge in [0.15, 0.2) is 0 Å². The third kappa shape index (κ3) is 4.94. The Morgan fingerprint density at radius 3 is 2.18 bits per heavy atom. The van der Waals surface area contributed by atoms with Gasteiger partial charge in [-0.1, -0.05) is 32.4 Å². The highest BCUT2D eigenvalue weighted by Crippen LogP contribution is 2.16. The minimum atomic E-state index is -0.379. The highest BCUT2D eigenvalue weighted by molar-refractivity contribution is 6.30. The smallest absolute Gasteiger partial charge is 0.252 e. The number of amides is 1. The molecule has 0 bridgehead atoms. The van der Waals surface area contributed by atoms with E-state index in [1.807, 2.05) is 20.8 Å². The van der Waals surface area contributed by atoms with Gasteiger partial charge in [-0.15, -0.1) is 12.4 Å². The summed E-state index contributed by atoms with van der Waals surface area (Å²) in [7, 11) is 0. The quantitative estimate of drug-likeness (QED) is 0.817. The average molecular weight is 277 g/mol. The molecule has 1 atom stereocenters. The average Bonchev–Trinajstić information content (AvgIpc) is 2.17. The summed E-state index contributed by atoms with van der Waals surface area (Å²) in [6.45, 7) is 5.92. The molecule has 1 aromatic carbocycles. The lowest BCUT2D eigenvalue weighted by molar-refractivity contribution is 0.0905. The number of carbonyl (C=O) groups excluding carboxylic acids is 1. The summed E-state index contributed by atoms with van der Waals surface area (Å²) in [6, 6.07) is 6.71. The lowest BCUT2D eigenvalue weighted by Crippen LogP contribution is -2.50. The minimum absolute atomic E-state index is 0. The van der Waals surface area contributed by atoms with Crippen molar-refractivity contribution in [3.05, 3.63) is 34.9 Å². The summed E-state index contributed by atoms with van der Waals surface area (Å²) in [5.41, 5.74) is 6.26. The van der Waals surface area contributed by atoms with Crippen LogP contribution in [0.1, 0.15) is 31.1 Å². The predicted molar refractivity (Wildman–Crippen MR) is 73.6 cm³/mol. The lowest BCUT2D eigenvalue weighted by atomic mass is 9.92. The summed E-state index contributed by atoms with van der Waals surface area (Å²) < 4.78 is 0. The zero-order chi connectivity index (χ0) is 12.3. The molecule has 0 spiro atoms. The largest absolute Gasteiger partial charge is 0.336 e. The Kier molecular flexibility index (Phi) is 5.96. The van der Waals surface area contributed by atoms with E-state index < -0.39 is 0 Å². The second kappa shape index (κ2) is 6.24. The third-order valence-corrected chi connectivity index (χ3v) is 2.58. The molecule has 3 nitrogen and oxygen atoms in total. The third-order valence-electron chi connectivity index (χ3n) is 2.33. The number of halogens is 2. The van der Waals surface area contributed by atoms with Crippen LogP contribution in [0.4, 0.5) is 0 Å². The number of nitrogens with two attached hydrogens (primary N) is 1. The van der Waals surface area contributed by atoms with Crippen LogP contribution in [0.5, 0.6) is 0 Å². The van der Waals surface area contributed by atoms with E-state index in [0.717, 1.165) is 0 Å². The number of benzene rings is 1. The molecule has 1 rings (SSSR count). The number of nitrogens with one attached hydrogen (secondary N) is 1. The van der Waals surface area contributed by atoms with Gasteiger partial charge in [-0.2, -0.15) is 0 Å². The van der Waals surface area contributed by atoms with Gasteiger partial charge in [-0.05, 0) is 29.7 Å². The molecule has 3 N–H and O–H groups in total. The molecular formula is C12H18Cl2N2O. The maximum absolute atomic E-state index is 11.8. The summed E-state index contributed by atoms with van der Waals surface area (Å²) in [5, 5.41) is 3.36. The molecule has 1 amide bonds. The Morgan fingerprint density at radius 1 is 1.29 bits per heavy atom. The molecule has 0 fully saturated rings. The van der Waals surface area contributed by atoms with E-state index in [2.05, 4.69) is 5.32 Å². The van der Waals surface area contributed by atoms with E-state index in [-0.39, 0.29) is 29.9 Å². The van der Waals surface area contributed by atoms with Gasteiger partial charge in [0.25, 0.3) is 5.91 Å². The van der Waals surface area contributed by atoms with Gasteiger partial charge in [-0.3, -0.25) is 4.79 Å². The topological polar surface area (TPSA) is 55.1 Å². The van der Waals surface area contributed by atoms with Crippen LogP contribution < -0.4 is 11.1 Å². The Hall–Kier alpha value is -0.770. The Balaban J connectivity index is 0.00000256. The van der Waals surface area contributed by atoms with Crippen molar-refractivity contribution in [3.63, 3.8) is 0 Å². The van der Waals surface area contributed by atoms with Gasteiger partial charge < -0.3 is 11.1 Å². The van der Waals surface area contributed by atoms with Crippen LogP contribution in [0, 0.1) is 5.41 Å². The standard InChI is InChI=1S/C12H17ClN2O.ClH/c1-12(2,3)11(14)15-10(16)8-4-6-9(13)7-5-8;/h4-7,11H,14H2,1-3H3,(H,15,16);1H. The van der Waals surface area contributed by atoms with Gasteiger partial charge in [0.1, 0.15) is 0 Å². The van der Waals surface area contributed by atoms with Crippen molar-refractivity contribution in [2.45, 2.75) is 26.9 Å². The molecule has 0 aromatic heterocycles. The monoisotopic (exact) mass is 276 g/mol. The summed E-state index contributed by atoms with van der Waals surface area (Å²) in [6.07, 6.45) is -0.379. The molecule has 1 aromatic rings. The maximum Gasteiger partial charge on any atom is 0.252 e. The Morgan fingerprint density at radius 2 is 1.76 bits per heavy atom. The maximum atomic E-state index is 11.8. The van der Waals surface area contributed by atoms with Gasteiger partial charge in [0, 0.05) is 10.6 Å². The fourth-order valence-electron chi connectivity index (χ4n) is 1.04. The molecule has 0 saturated heterocycles. The van der Waals surface area contributed by atoms with Crippen molar-refractivity contribution in [3.8, 4) is 0 Å². The van der Waals surface area contributed by atoms with Gasteiger partial charge in [0.2, 0.25) is 0 Å². The molecule has 17 heavy (non-hydrogen) atoms. The van der Waals surface area contributed by atoms with Crippen molar-refractivity contribution in [1.29, 1.82) is 0 Å². The highest BCUT2D eigenvalue weighted by Gasteiger charge is 2.22. The van der Waals surface area contributed by atoms with Gasteiger partial charge in [0.05, 0.1) is 6.17 Å². The zero-order valence-corrected chi connectivity index (χ0v) is 11.7. The summed E-state index contributed by atoms with van der Waals surface area (Å²) in [5.74, 6) is -0.181. The fraction of sp³-hybridized carbons (Fsp3) is 0.417. The van der Waals surface area contributed by atoms with E-state index in [9.17, 15) is 4.79 Å². The molecule has 0 aliphatic carbocycles. The molecule has 0 radical (unpaired) electrons. The SMILES string of the molecule is CC(C)(C)C(N)NC(=O)c1ccc(Cl)cc1.Cl. The van der Waals surface area contributed by atoms with Gasteiger partial charge in [-0.25, -0.2) is 0 Å². The summed E-state index contributed by atoms with van der Waals surface area (Å²) in [4.78, 5) is 11.8. The van der Waals surface area contributed by atoms with Crippen molar-refractivity contribution in [1.82, 2.24) is 5.32 Å². The lowest BCUT2D eigenvalue weighted by Gasteiger charge is -2.27. The van der Waals surface area contributed by atoms with Crippen LogP contribution in [0.25, 0.3) is 0 Å². The second-order valence-corrected chi connectivity index (χ2v) is 5.26. The molecule has 0 saturated carbocycles. The molecule has 0 aliphatic heterocycles. The first-order valence-corrected chi connectivity index (χ1v) is 5.50. The molecule has 0 heterocycles. The fourth-order valence-corrected chi connectivity index (χ4v) is 1.17. The van der Waals surface area contributed by atoms with Crippen LogP contribution in [0.15, 0.2) is 24.3 Å². The highest BCUT2D eigenvalue weighted by atomic mass is 35.5. The molecule has 96 valence electrons. The van der Waals surface area contributed by atoms with E-state index in [1.54, 1.807) is 24.3 Å². The predicted octanol–water partition coefficient (Wildman–Crippen LogP) is 2.82. The second-order valence-electron chi connectivity index (χ2n) is 4.82. The van der Waals surface area contributed by atoms with Crippen molar-refractivity contribution in [2.24, 2.45) is 11.1 Å². The number of hydrogen-bond acceptors (Lipinski definition) is 2. The molecule has 0 aliphatic rings. The molecule has 5 heteroatoms. The van der Waals surface area contributed by atoms with Crippen LogP contribution in [-0.2, 0) is 0 Å². The van der Waals surface area contributed by atoms with Crippen LogP contribution in [-0.4, -0.2) is 12.1 Å². The van der Waals surface area contributed by atoms with Crippen molar-refractivity contribution < 1.29 is 4.79 Å². The van der Waals surface area contributed by atoms with Crippen LogP contribution in [0.3, 0.4) is 0 Å². The van der Waals surface area contributed by atoms with Gasteiger partial charge >= 0.3 is 0 Å². The van der Waals surface area contributed by atoms with Crippen LogP contribution >= 0.6 is 24.0 Å². The minimum Gasteiger partial charge on any atom is -0.336 e. The molecular weight excluding hydrogens is 259 g/mol. The normalized spacial score (nSPS) is 12.5. The first kappa shape index (κ1) is 16.2. The van der Waals surface area contributed by atoms with E-state index in [0.29, 0.717) is 10.6 Å². The van der Waals surface area contributed by atoms with Crippen LogP contribution in [0.2, 0.25) is 5.02 Å². The van der Waals surface area contributed by atoms with Crippen molar-refractivity contribution >= 4 is 29.9 Å². The Labute approximate surface area is 113 Å². The number of rotatable bonds is 2. The first-order valence-electron chi connectivity index (χ1n) is 5.13. The number of carbonyl (C=O) groups is 1. The Bertz CT molecular complexity index is 371. The van der Waals surface area contributed by atoms with Crippen molar-refractivity contribution in [2.75, 3.05) is 0 Å². The van der Waals surface area contributed by atoms with E-state index in [1.165, 1.54) is 0 Å². The zero-order valence-electron chi connectivity index (χ0n) is 10.2. The summed E-state index contributed by atoms with van der Waals surface area (Å²) >= 11 is 5.74. The molecule has 1 unspecified atom stereocenters.